The number of hydrogen-bond acceptors (Lipinski definition) is 2. The molecule has 0 rings (SSSR count). The Kier molecular flexibility index (Phi) is 3.47. The van der Waals surface area contributed by atoms with Gasteiger partial charge in [0.05, 0.1) is 0 Å². The molecular formula is C4H7BrN2O. The Bertz CT molecular complexity index is 113. The maximum absolute atomic E-state index is 10.4. The SMILES string of the molecule is C=C(C)C(=O)NNBr. The van der Waals surface area contributed by atoms with E-state index in [-0.39, 0.29) is 5.91 Å². The normalized spacial score (nSPS) is 8.25. The third-order valence-corrected chi connectivity index (χ3v) is 0.747. The molecule has 0 aliphatic carbocycles. The van der Waals surface area contributed by atoms with Crippen LogP contribution in [-0.4, -0.2) is 5.91 Å². The van der Waals surface area contributed by atoms with Crippen LogP contribution in [-0.2, 0) is 4.79 Å². The summed E-state index contributed by atoms with van der Waals surface area (Å²) in [5, 5.41) is 0. The molecule has 8 heavy (non-hydrogen) atoms. The fourth-order valence-corrected chi connectivity index (χ4v) is 0.330. The lowest BCUT2D eigenvalue weighted by Gasteiger charge is -1.96. The van der Waals surface area contributed by atoms with Crippen LogP contribution in [0, 0.1) is 0 Å². The van der Waals surface area contributed by atoms with Crippen molar-refractivity contribution in [3.63, 3.8) is 0 Å². The number of rotatable bonds is 2. The molecule has 0 aliphatic rings. The molecule has 2 N–H and O–H groups in total. The van der Waals surface area contributed by atoms with Crippen LogP contribution in [0.25, 0.3) is 0 Å². The highest BCUT2D eigenvalue weighted by Gasteiger charge is 1.95. The van der Waals surface area contributed by atoms with Crippen LogP contribution in [0.2, 0.25) is 0 Å². The fourth-order valence-electron chi connectivity index (χ4n) is 0.150. The van der Waals surface area contributed by atoms with E-state index < -0.39 is 0 Å². The molecule has 0 fully saturated rings. The van der Waals surface area contributed by atoms with Crippen molar-refractivity contribution < 1.29 is 4.79 Å². The quantitative estimate of drug-likeness (QED) is 0.368. The number of hydrogen-bond donors (Lipinski definition) is 2. The van der Waals surface area contributed by atoms with Gasteiger partial charge in [-0.25, -0.2) is 0 Å². The first-order valence-corrected chi connectivity index (χ1v) is 2.79. The second-order valence-electron chi connectivity index (χ2n) is 1.33. The second-order valence-corrected chi connectivity index (χ2v) is 1.73. The van der Waals surface area contributed by atoms with Gasteiger partial charge in [-0.2, -0.15) is 4.45 Å². The molecule has 0 aromatic heterocycles. The fraction of sp³-hybridized carbons (Fsp3) is 0.250. The zero-order chi connectivity index (χ0) is 6.57. The van der Waals surface area contributed by atoms with Crippen molar-refractivity contribution in [3.05, 3.63) is 12.2 Å². The average Bonchev–Trinajstić information content (AvgIpc) is 1.67. The number of hydrazine groups is 1. The highest BCUT2D eigenvalue weighted by Crippen LogP contribution is 1.82. The Morgan fingerprint density at radius 3 is 2.38 bits per heavy atom. The molecule has 1 amide bonds. The minimum Gasteiger partial charge on any atom is -0.278 e. The molecule has 0 spiro atoms. The molecule has 0 saturated heterocycles. The molecular weight excluding hydrogens is 172 g/mol. The molecule has 0 bridgehead atoms. The molecule has 4 heteroatoms. The van der Waals surface area contributed by atoms with Crippen LogP contribution in [0.1, 0.15) is 6.92 Å². The Morgan fingerprint density at radius 1 is 1.75 bits per heavy atom. The molecule has 0 radical (unpaired) electrons. The zero-order valence-corrected chi connectivity index (χ0v) is 6.08. The third-order valence-electron chi connectivity index (χ3n) is 0.548. The van der Waals surface area contributed by atoms with Gasteiger partial charge in [0.1, 0.15) is 0 Å². The van der Waals surface area contributed by atoms with E-state index >= 15 is 0 Å². The summed E-state index contributed by atoms with van der Waals surface area (Å²) in [6.07, 6.45) is 0. The Balaban J connectivity index is 3.49. The summed E-state index contributed by atoms with van der Waals surface area (Å²) < 4.78 is 2.30. The lowest BCUT2D eigenvalue weighted by molar-refractivity contribution is -0.117. The third kappa shape index (κ3) is 2.76. The molecule has 0 heterocycles. The van der Waals surface area contributed by atoms with E-state index in [2.05, 4.69) is 32.6 Å². The van der Waals surface area contributed by atoms with Crippen molar-refractivity contribution in [2.24, 2.45) is 0 Å². The first-order valence-electron chi connectivity index (χ1n) is 2.00. The maximum Gasteiger partial charge on any atom is 0.261 e. The van der Waals surface area contributed by atoms with E-state index in [9.17, 15) is 4.79 Å². The van der Waals surface area contributed by atoms with Gasteiger partial charge in [-0.3, -0.25) is 10.2 Å². The smallest absolute Gasteiger partial charge is 0.261 e. The summed E-state index contributed by atoms with van der Waals surface area (Å²) >= 11 is 2.80. The van der Waals surface area contributed by atoms with Gasteiger partial charge in [-0.1, -0.05) is 6.58 Å². The van der Waals surface area contributed by atoms with Gasteiger partial charge in [-0.05, 0) is 6.92 Å². The Hall–Kier alpha value is -0.350. The van der Waals surface area contributed by atoms with Crippen molar-refractivity contribution in [1.29, 1.82) is 0 Å². The average molecular weight is 179 g/mol. The summed E-state index contributed by atoms with van der Waals surface area (Å²) in [5.41, 5.74) is 2.74. The molecule has 0 aromatic rings. The van der Waals surface area contributed by atoms with E-state index in [0.29, 0.717) is 5.57 Å². The highest BCUT2D eigenvalue weighted by atomic mass is 79.9. The van der Waals surface area contributed by atoms with E-state index in [1.807, 2.05) is 0 Å². The van der Waals surface area contributed by atoms with Crippen molar-refractivity contribution in [3.8, 4) is 0 Å². The second kappa shape index (κ2) is 3.63. The largest absolute Gasteiger partial charge is 0.278 e. The molecule has 3 nitrogen and oxygen atoms in total. The minimum absolute atomic E-state index is 0.220. The van der Waals surface area contributed by atoms with Crippen LogP contribution in [0.5, 0.6) is 0 Å². The number of nitrogens with one attached hydrogen (secondary N) is 2. The highest BCUT2D eigenvalue weighted by molar-refractivity contribution is 9.08. The topological polar surface area (TPSA) is 41.1 Å². The summed E-state index contributed by atoms with van der Waals surface area (Å²) in [6, 6.07) is 0. The first kappa shape index (κ1) is 7.65. The molecule has 0 atom stereocenters. The van der Waals surface area contributed by atoms with Gasteiger partial charge in [0.15, 0.2) is 0 Å². The predicted molar refractivity (Wildman–Crippen MR) is 35.0 cm³/mol. The van der Waals surface area contributed by atoms with Crippen LogP contribution < -0.4 is 9.88 Å². The van der Waals surface area contributed by atoms with Gasteiger partial charge in [0, 0.05) is 21.7 Å². The summed E-state index contributed by atoms with van der Waals surface area (Å²) in [5.74, 6) is -0.220. The van der Waals surface area contributed by atoms with E-state index in [1.165, 1.54) is 0 Å². The van der Waals surface area contributed by atoms with Gasteiger partial charge in [-0.15, -0.1) is 0 Å². The van der Waals surface area contributed by atoms with E-state index in [4.69, 9.17) is 0 Å². The minimum atomic E-state index is -0.220. The Morgan fingerprint density at radius 2 is 2.25 bits per heavy atom. The summed E-state index contributed by atoms with van der Waals surface area (Å²) in [7, 11) is 0. The van der Waals surface area contributed by atoms with Crippen molar-refractivity contribution in [2.75, 3.05) is 0 Å². The summed E-state index contributed by atoms with van der Waals surface area (Å²) in [4.78, 5) is 10.4. The van der Waals surface area contributed by atoms with Gasteiger partial charge >= 0.3 is 0 Å². The maximum atomic E-state index is 10.4. The van der Waals surface area contributed by atoms with E-state index in [0.717, 1.165) is 0 Å². The number of carbonyl (C=O) groups excluding carboxylic acids is 1. The molecule has 0 saturated carbocycles. The molecule has 0 aromatic carbocycles. The first-order chi connectivity index (χ1) is 3.68. The molecule has 46 valence electrons. The van der Waals surface area contributed by atoms with Gasteiger partial charge in [0.2, 0.25) is 0 Å². The van der Waals surface area contributed by atoms with Crippen molar-refractivity contribution >= 4 is 22.1 Å². The van der Waals surface area contributed by atoms with Crippen LogP contribution in [0.3, 0.4) is 0 Å². The Labute approximate surface area is 56.5 Å². The lowest BCUT2D eigenvalue weighted by Crippen LogP contribution is -2.30. The zero-order valence-electron chi connectivity index (χ0n) is 4.49. The van der Waals surface area contributed by atoms with Crippen molar-refractivity contribution in [1.82, 2.24) is 9.88 Å². The number of amides is 1. The monoisotopic (exact) mass is 178 g/mol. The van der Waals surface area contributed by atoms with E-state index in [1.54, 1.807) is 6.92 Å². The van der Waals surface area contributed by atoms with Crippen LogP contribution in [0.15, 0.2) is 12.2 Å². The molecule has 0 aliphatic heterocycles. The molecule has 0 unspecified atom stereocenters. The standard InChI is InChI=1S/C4H7BrN2O/c1-3(2)4(8)6-7-5/h7H,1H2,2H3,(H,6,8). The van der Waals surface area contributed by atoms with Gasteiger partial charge in [0.25, 0.3) is 5.91 Å². The number of halogens is 1. The number of carbonyl (C=O) groups is 1. The summed E-state index contributed by atoms with van der Waals surface area (Å²) in [6.45, 7) is 5.03. The van der Waals surface area contributed by atoms with Gasteiger partial charge < -0.3 is 0 Å². The lowest BCUT2D eigenvalue weighted by atomic mass is 10.3. The van der Waals surface area contributed by atoms with Crippen LogP contribution >= 0.6 is 16.1 Å². The predicted octanol–water partition coefficient (Wildman–Crippen LogP) is 0.493. The van der Waals surface area contributed by atoms with Crippen molar-refractivity contribution in [2.45, 2.75) is 6.92 Å². The van der Waals surface area contributed by atoms with Crippen LogP contribution in [0.4, 0.5) is 0 Å².